The van der Waals surface area contributed by atoms with Gasteiger partial charge < -0.3 is 25.0 Å². The maximum atomic E-state index is 9.88. The molecule has 21 heavy (non-hydrogen) atoms. The first-order valence-electron chi connectivity index (χ1n) is 6.42. The van der Waals surface area contributed by atoms with E-state index in [1.165, 1.54) is 18.2 Å². The Morgan fingerprint density at radius 2 is 1.86 bits per heavy atom. The van der Waals surface area contributed by atoms with Gasteiger partial charge in [0.05, 0.1) is 16.8 Å². The molecule has 1 heterocycles. The fourth-order valence-electron chi connectivity index (χ4n) is 2.23. The van der Waals surface area contributed by atoms with E-state index in [1.807, 2.05) is 6.92 Å². The largest absolute Gasteiger partial charge is 0.508 e. The standard InChI is InChI=1S/C15H14ClNO4/c1-8(10-4-9(18)2-3-13(10)19)17-12-6-15-14(5-11(12)16)20-7-21-15/h2-6,8,17-19H,7H2,1H3. The van der Waals surface area contributed by atoms with Crippen LogP contribution in [0.4, 0.5) is 5.69 Å². The lowest BCUT2D eigenvalue weighted by Gasteiger charge is -2.18. The van der Waals surface area contributed by atoms with Gasteiger partial charge in [-0.3, -0.25) is 0 Å². The van der Waals surface area contributed by atoms with E-state index in [0.717, 1.165) is 0 Å². The Morgan fingerprint density at radius 3 is 2.62 bits per heavy atom. The van der Waals surface area contributed by atoms with Crippen LogP contribution in [0.25, 0.3) is 0 Å². The second kappa shape index (κ2) is 5.26. The van der Waals surface area contributed by atoms with Crippen LogP contribution in [-0.2, 0) is 0 Å². The van der Waals surface area contributed by atoms with Gasteiger partial charge in [-0.2, -0.15) is 0 Å². The zero-order valence-electron chi connectivity index (χ0n) is 11.3. The fourth-order valence-corrected chi connectivity index (χ4v) is 2.44. The number of hydrogen-bond donors (Lipinski definition) is 3. The number of hydrogen-bond acceptors (Lipinski definition) is 5. The Hall–Kier alpha value is -2.27. The van der Waals surface area contributed by atoms with Gasteiger partial charge in [-0.05, 0) is 25.1 Å². The molecular weight excluding hydrogens is 294 g/mol. The summed E-state index contributed by atoms with van der Waals surface area (Å²) in [4.78, 5) is 0. The Morgan fingerprint density at radius 1 is 1.14 bits per heavy atom. The molecule has 0 radical (unpaired) electrons. The highest BCUT2D eigenvalue weighted by Gasteiger charge is 2.18. The molecule has 0 aromatic heterocycles. The third-order valence-corrected chi connectivity index (χ3v) is 3.62. The molecule has 1 atom stereocenters. The van der Waals surface area contributed by atoms with Gasteiger partial charge in [0.2, 0.25) is 6.79 Å². The highest BCUT2D eigenvalue weighted by atomic mass is 35.5. The predicted molar refractivity (Wildman–Crippen MR) is 79.4 cm³/mol. The first-order valence-corrected chi connectivity index (χ1v) is 6.80. The molecule has 0 fully saturated rings. The van der Waals surface area contributed by atoms with E-state index in [4.69, 9.17) is 21.1 Å². The average molecular weight is 308 g/mol. The van der Waals surface area contributed by atoms with Crippen LogP contribution in [0.2, 0.25) is 5.02 Å². The van der Waals surface area contributed by atoms with E-state index < -0.39 is 0 Å². The molecule has 2 aromatic rings. The van der Waals surface area contributed by atoms with Crippen LogP contribution in [0, 0.1) is 0 Å². The maximum absolute atomic E-state index is 9.88. The Bertz CT molecular complexity index is 690. The number of halogens is 1. The lowest BCUT2D eigenvalue weighted by atomic mass is 10.1. The van der Waals surface area contributed by atoms with E-state index >= 15 is 0 Å². The molecule has 1 unspecified atom stereocenters. The van der Waals surface area contributed by atoms with Gasteiger partial charge in [0, 0.05) is 17.7 Å². The maximum Gasteiger partial charge on any atom is 0.231 e. The van der Waals surface area contributed by atoms with Crippen LogP contribution in [0.15, 0.2) is 30.3 Å². The molecule has 0 saturated carbocycles. The average Bonchev–Trinajstić information content (AvgIpc) is 2.88. The molecule has 1 aliphatic rings. The second-order valence-corrected chi connectivity index (χ2v) is 5.20. The van der Waals surface area contributed by atoms with Crippen molar-refractivity contribution in [1.29, 1.82) is 0 Å². The van der Waals surface area contributed by atoms with Crippen molar-refractivity contribution in [2.45, 2.75) is 13.0 Å². The van der Waals surface area contributed by atoms with Gasteiger partial charge in [-0.25, -0.2) is 0 Å². The predicted octanol–water partition coefficient (Wildman–Crippen LogP) is 3.65. The van der Waals surface area contributed by atoms with E-state index in [9.17, 15) is 10.2 Å². The molecule has 2 aromatic carbocycles. The topological polar surface area (TPSA) is 71.0 Å². The molecular formula is C15H14ClNO4. The first kappa shape index (κ1) is 13.7. The lowest BCUT2D eigenvalue weighted by molar-refractivity contribution is 0.174. The summed E-state index contributed by atoms with van der Waals surface area (Å²) in [7, 11) is 0. The highest BCUT2D eigenvalue weighted by Crippen LogP contribution is 2.40. The normalized spacial score (nSPS) is 14.0. The number of aromatic hydroxyl groups is 2. The van der Waals surface area contributed by atoms with Crippen LogP contribution in [0.3, 0.4) is 0 Å². The number of benzene rings is 2. The fraction of sp³-hybridized carbons (Fsp3) is 0.200. The molecule has 3 rings (SSSR count). The summed E-state index contributed by atoms with van der Waals surface area (Å²) in [5.41, 5.74) is 1.24. The van der Waals surface area contributed by atoms with Gasteiger partial charge in [-0.15, -0.1) is 0 Å². The molecule has 0 spiro atoms. The van der Waals surface area contributed by atoms with Crippen molar-refractivity contribution in [2.75, 3.05) is 12.1 Å². The summed E-state index contributed by atoms with van der Waals surface area (Å²) in [6, 6.07) is 7.56. The number of phenolic OH excluding ortho intramolecular Hbond substituents is 2. The SMILES string of the molecule is CC(Nc1cc2c(cc1Cl)OCO2)c1cc(O)ccc1O. The van der Waals surface area contributed by atoms with E-state index in [2.05, 4.69) is 5.32 Å². The van der Waals surface area contributed by atoms with Gasteiger partial charge in [-0.1, -0.05) is 11.6 Å². The quantitative estimate of drug-likeness (QED) is 0.755. The van der Waals surface area contributed by atoms with Gasteiger partial charge in [0.25, 0.3) is 0 Å². The summed E-state index contributed by atoms with van der Waals surface area (Å²) in [6.45, 7) is 2.04. The minimum absolute atomic E-state index is 0.0910. The van der Waals surface area contributed by atoms with Gasteiger partial charge in [0.1, 0.15) is 11.5 Å². The highest BCUT2D eigenvalue weighted by molar-refractivity contribution is 6.33. The zero-order chi connectivity index (χ0) is 15.0. The number of rotatable bonds is 3. The van der Waals surface area contributed by atoms with Crippen molar-refractivity contribution in [3.63, 3.8) is 0 Å². The summed E-state index contributed by atoms with van der Waals surface area (Å²) < 4.78 is 10.6. The second-order valence-electron chi connectivity index (χ2n) is 4.79. The summed E-state index contributed by atoms with van der Waals surface area (Å²) in [5.74, 6) is 1.42. The third kappa shape index (κ3) is 2.64. The molecule has 0 bridgehead atoms. The molecule has 1 aliphatic heterocycles. The van der Waals surface area contributed by atoms with E-state index in [-0.39, 0.29) is 24.3 Å². The molecule has 5 nitrogen and oxygen atoms in total. The van der Waals surface area contributed by atoms with Gasteiger partial charge in [0.15, 0.2) is 11.5 Å². The van der Waals surface area contributed by atoms with Crippen LogP contribution in [-0.4, -0.2) is 17.0 Å². The minimum Gasteiger partial charge on any atom is -0.508 e. The number of anilines is 1. The molecule has 3 N–H and O–H groups in total. The van der Waals surface area contributed by atoms with Crippen LogP contribution in [0.1, 0.15) is 18.5 Å². The summed E-state index contributed by atoms with van der Waals surface area (Å²) in [6.07, 6.45) is 0. The van der Waals surface area contributed by atoms with Crippen molar-refractivity contribution >= 4 is 17.3 Å². The van der Waals surface area contributed by atoms with Crippen LogP contribution < -0.4 is 14.8 Å². The van der Waals surface area contributed by atoms with E-state index in [0.29, 0.717) is 27.8 Å². The number of fused-ring (bicyclic) bond motifs is 1. The van der Waals surface area contributed by atoms with Crippen LogP contribution >= 0.6 is 11.6 Å². The monoisotopic (exact) mass is 307 g/mol. The van der Waals surface area contributed by atoms with Crippen molar-refractivity contribution in [3.8, 4) is 23.0 Å². The Balaban J connectivity index is 1.88. The van der Waals surface area contributed by atoms with Crippen molar-refractivity contribution < 1.29 is 19.7 Å². The lowest BCUT2D eigenvalue weighted by Crippen LogP contribution is -2.07. The third-order valence-electron chi connectivity index (χ3n) is 3.31. The van der Waals surface area contributed by atoms with Crippen molar-refractivity contribution in [3.05, 3.63) is 40.9 Å². The smallest absolute Gasteiger partial charge is 0.231 e. The summed E-state index contributed by atoms with van der Waals surface area (Å²) in [5, 5.41) is 23.1. The molecule has 6 heteroatoms. The summed E-state index contributed by atoms with van der Waals surface area (Å²) >= 11 is 6.20. The molecule has 0 aliphatic carbocycles. The minimum atomic E-state index is -0.255. The first-order chi connectivity index (χ1) is 10.0. The van der Waals surface area contributed by atoms with Crippen molar-refractivity contribution in [2.24, 2.45) is 0 Å². The molecule has 0 amide bonds. The Kier molecular flexibility index (Phi) is 3.43. The number of ether oxygens (including phenoxy) is 2. The molecule has 0 saturated heterocycles. The van der Waals surface area contributed by atoms with Gasteiger partial charge >= 0.3 is 0 Å². The number of phenols is 2. The number of nitrogens with one attached hydrogen (secondary N) is 1. The molecule has 110 valence electrons. The van der Waals surface area contributed by atoms with Crippen LogP contribution in [0.5, 0.6) is 23.0 Å². The Labute approximate surface area is 126 Å². The van der Waals surface area contributed by atoms with Crippen molar-refractivity contribution in [1.82, 2.24) is 0 Å². The zero-order valence-corrected chi connectivity index (χ0v) is 12.0. The van der Waals surface area contributed by atoms with E-state index in [1.54, 1.807) is 12.1 Å².